The van der Waals surface area contributed by atoms with Crippen LogP contribution >= 0.6 is 0 Å². The molecule has 0 spiro atoms. The molecule has 1 aliphatic heterocycles. The van der Waals surface area contributed by atoms with Crippen molar-refractivity contribution in [3.8, 4) is 0 Å². The van der Waals surface area contributed by atoms with Crippen LogP contribution in [0, 0.1) is 5.92 Å². The van der Waals surface area contributed by atoms with Crippen LogP contribution in [0.25, 0.3) is 0 Å². The normalized spacial score (nSPS) is 18.9. The molecule has 0 aliphatic carbocycles. The Morgan fingerprint density at radius 1 is 1.25 bits per heavy atom. The number of hydrogen-bond acceptors (Lipinski definition) is 2. The second-order valence-electron chi connectivity index (χ2n) is 4.97. The van der Waals surface area contributed by atoms with E-state index in [2.05, 4.69) is 26.1 Å². The maximum atomic E-state index is 11.5. The fraction of sp³-hybridized carbons (Fsp3) is 0.833. The monoisotopic (exact) mass is 226 g/mol. The third-order valence-electron chi connectivity index (χ3n) is 3.02. The van der Waals surface area contributed by atoms with E-state index in [1.165, 1.54) is 6.42 Å². The van der Waals surface area contributed by atoms with E-state index in [0.29, 0.717) is 18.9 Å². The number of nitrogens with one attached hydrogen (secondary N) is 1. The van der Waals surface area contributed by atoms with Crippen molar-refractivity contribution < 1.29 is 9.59 Å². The lowest BCUT2D eigenvalue weighted by atomic mass is 10.0. The van der Waals surface area contributed by atoms with Crippen LogP contribution in [0.2, 0.25) is 0 Å². The molecule has 0 aromatic heterocycles. The molecule has 4 heteroatoms. The van der Waals surface area contributed by atoms with Gasteiger partial charge in [-0.2, -0.15) is 0 Å². The highest BCUT2D eigenvalue weighted by molar-refractivity contribution is 5.96. The van der Waals surface area contributed by atoms with Crippen molar-refractivity contribution in [1.29, 1.82) is 0 Å². The number of hydrogen-bond donors (Lipinski definition) is 1. The lowest BCUT2D eigenvalue weighted by Crippen LogP contribution is -2.52. The molecule has 1 heterocycles. The molecule has 1 aliphatic rings. The molecule has 1 atom stereocenters. The van der Waals surface area contributed by atoms with Crippen LogP contribution in [0.4, 0.5) is 4.79 Å². The van der Waals surface area contributed by atoms with Crippen LogP contribution in [0.1, 0.15) is 46.5 Å². The summed E-state index contributed by atoms with van der Waals surface area (Å²) < 4.78 is 0. The number of rotatable bonds is 5. The zero-order valence-corrected chi connectivity index (χ0v) is 10.5. The fourth-order valence-electron chi connectivity index (χ4n) is 1.98. The lowest BCUT2D eigenvalue weighted by Gasteiger charge is -2.32. The molecule has 16 heavy (non-hydrogen) atoms. The maximum Gasteiger partial charge on any atom is 0.324 e. The van der Waals surface area contributed by atoms with Gasteiger partial charge in [-0.3, -0.25) is 10.1 Å². The molecular weight excluding hydrogens is 204 g/mol. The predicted molar refractivity (Wildman–Crippen MR) is 63.0 cm³/mol. The van der Waals surface area contributed by atoms with Gasteiger partial charge in [0.2, 0.25) is 5.91 Å². The smallest absolute Gasteiger partial charge is 0.321 e. The number of urea groups is 1. The Kier molecular flexibility index (Phi) is 4.77. The van der Waals surface area contributed by atoms with E-state index >= 15 is 0 Å². The average molecular weight is 226 g/mol. The van der Waals surface area contributed by atoms with E-state index in [1.807, 2.05) is 0 Å². The van der Waals surface area contributed by atoms with Crippen LogP contribution in [0.3, 0.4) is 0 Å². The molecular formula is C12H22N2O2. The van der Waals surface area contributed by atoms with Crippen molar-refractivity contribution in [2.75, 3.05) is 6.54 Å². The van der Waals surface area contributed by atoms with Gasteiger partial charge in [0, 0.05) is 19.0 Å². The van der Waals surface area contributed by atoms with E-state index in [-0.39, 0.29) is 18.0 Å². The van der Waals surface area contributed by atoms with Crippen LogP contribution in [0.5, 0.6) is 0 Å². The summed E-state index contributed by atoms with van der Waals surface area (Å²) >= 11 is 0. The van der Waals surface area contributed by atoms with Crippen LogP contribution in [0.15, 0.2) is 0 Å². The minimum atomic E-state index is -0.228. The van der Waals surface area contributed by atoms with Crippen molar-refractivity contribution in [3.63, 3.8) is 0 Å². The third kappa shape index (κ3) is 3.83. The second-order valence-corrected chi connectivity index (χ2v) is 4.97. The zero-order valence-electron chi connectivity index (χ0n) is 10.5. The molecule has 3 amide bonds. The Bertz CT molecular complexity index is 264. The second kappa shape index (κ2) is 5.87. The Morgan fingerprint density at radius 3 is 2.50 bits per heavy atom. The minimum absolute atomic E-state index is 0.157. The quantitative estimate of drug-likeness (QED) is 0.780. The number of carbonyl (C=O) groups excluding carboxylic acids is 2. The van der Waals surface area contributed by atoms with Crippen LogP contribution in [-0.2, 0) is 4.79 Å². The summed E-state index contributed by atoms with van der Waals surface area (Å²) in [4.78, 5) is 24.3. The summed E-state index contributed by atoms with van der Waals surface area (Å²) in [7, 11) is 0. The van der Waals surface area contributed by atoms with Crippen molar-refractivity contribution in [2.45, 2.75) is 52.5 Å². The molecule has 1 unspecified atom stereocenters. The van der Waals surface area contributed by atoms with Gasteiger partial charge >= 0.3 is 6.03 Å². The molecule has 92 valence electrons. The number of imide groups is 1. The number of amides is 3. The largest absolute Gasteiger partial charge is 0.324 e. The molecule has 4 nitrogen and oxygen atoms in total. The first kappa shape index (κ1) is 13.0. The summed E-state index contributed by atoms with van der Waals surface area (Å²) in [6.07, 6.45) is 3.77. The summed E-state index contributed by atoms with van der Waals surface area (Å²) in [5, 5.41) is 2.36. The topological polar surface area (TPSA) is 49.4 Å². The Morgan fingerprint density at radius 2 is 1.94 bits per heavy atom. The first-order chi connectivity index (χ1) is 7.50. The van der Waals surface area contributed by atoms with Gasteiger partial charge in [0.25, 0.3) is 0 Å². The zero-order chi connectivity index (χ0) is 12.1. The van der Waals surface area contributed by atoms with Crippen molar-refractivity contribution in [3.05, 3.63) is 0 Å². The molecule has 0 bridgehead atoms. The molecule has 0 aromatic carbocycles. The van der Waals surface area contributed by atoms with E-state index in [0.717, 1.165) is 12.8 Å². The SMILES string of the molecule is CC(C)CCCC(C)N1CCC(=O)NC1=O. The van der Waals surface area contributed by atoms with Crippen molar-refractivity contribution >= 4 is 11.9 Å². The fourth-order valence-corrected chi connectivity index (χ4v) is 1.98. The maximum absolute atomic E-state index is 11.5. The van der Waals surface area contributed by atoms with E-state index in [9.17, 15) is 9.59 Å². The standard InChI is InChI=1S/C12H22N2O2/c1-9(2)5-4-6-10(3)14-8-7-11(15)13-12(14)16/h9-10H,4-8H2,1-3H3,(H,13,15,16). The molecule has 1 N–H and O–H groups in total. The number of carbonyl (C=O) groups is 2. The van der Waals surface area contributed by atoms with Gasteiger partial charge in [-0.05, 0) is 19.3 Å². The van der Waals surface area contributed by atoms with Gasteiger partial charge in [-0.25, -0.2) is 4.79 Å². The summed E-state index contributed by atoms with van der Waals surface area (Å²) in [6, 6.07) is 0.000136. The van der Waals surface area contributed by atoms with Crippen molar-refractivity contribution in [1.82, 2.24) is 10.2 Å². The molecule has 1 rings (SSSR count). The van der Waals surface area contributed by atoms with Gasteiger partial charge in [-0.1, -0.05) is 26.7 Å². The van der Waals surface area contributed by atoms with Gasteiger partial charge in [-0.15, -0.1) is 0 Å². The first-order valence-electron chi connectivity index (χ1n) is 6.11. The van der Waals surface area contributed by atoms with E-state index in [4.69, 9.17) is 0 Å². The Labute approximate surface area is 97.4 Å². The van der Waals surface area contributed by atoms with E-state index < -0.39 is 0 Å². The lowest BCUT2D eigenvalue weighted by molar-refractivity contribution is -0.121. The van der Waals surface area contributed by atoms with Crippen LogP contribution in [-0.4, -0.2) is 29.4 Å². The molecule has 0 radical (unpaired) electrons. The van der Waals surface area contributed by atoms with Crippen LogP contribution < -0.4 is 5.32 Å². The molecule has 0 saturated carbocycles. The molecule has 1 fully saturated rings. The van der Waals surface area contributed by atoms with Gasteiger partial charge in [0.05, 0.1) is 0 Å². The average Bonchev–Trinajstić information content (AvgIpc) is 2.16. The Balaban J connectivity index is 2.33. The summed E-state index contributed by atoms with van der Waals surface area (Å²) in [6.45, 7) is 7.02. The van der Waals surface area contributed by atoms with Gasteiger partial charge in [0.1, 0.15) is 0 Å². The summed E-state index contributed by atoms with van der Waals surface area (Å²) in [5.74, 6) is 0.555. The predicted octanol–water partition coefficient (Wildman–Crippen LogP) is 2.14. The third-order valence-corrected chi connectivity index (χ3v) is 3.02. The Hall–Kier alpha value is -1.06. The highest BCUT2D eigenvalue weighted by Crippen LogP contribution is 2.14. The summed E-state index contributed by atoms with van der Waals surface area (Å²) in [5.41, 5.74) is 0. The van der Waals surface area contributed by atoms with E-state index in [1.54, 1.807) is 4.90 Å². The number of nitrogens with zero attached hydrogens (tertiary/aromatic N) is 1. The minimum Gasteiger partial charge on any atom is -0.321 e. The molecule has 1 saturated heterocycles. The first-order valence-corrected chi connectivity index (χ1v) is 6.11. The van der Waals surface area contributed by atoms with Crippen molar-refractivity contribution in [2.24, 2.45) is 5.92 Å². The highest BCUT2D eigenvalue weighted by atomic mass is 16.2. The molecule has 0 aromatic rings. The van der Waals surface area contributed by atoms with Gasteiger partial charge in [0.15, 0.2) is 0 Å². The van der Waals surface area contributed by atoms with Gasteiger partial charge < -0.3 is 4.90 Å². The highest BCUT2D eigenvalue weighted by Gasteiger charge is 2.26.